The van der Waals surface area contributed by atoms with Crippen LogP contribution in [0.15, 0.2) is 64.2 Å². The van der Waals surface area contributed by atoms with Crippen molar-refractivity contribution in [1.29, 1.82) is 0 Å². The number of hydrogen-bond acceptors (Lipinski definition) is 4. The summed E-state index contributed by atoms with van der Waals surface area (Å²) in [6.07, 6.45) is 0. The molecule has 0 aliphatic rings. The van der Waals surface area contributed by atoms with Crippen molar-refractivity contribution in [2.75, 3.05) is 0 Å². The maximum atomic E-state index is 13.3. The first-order valence-corrected chi connectivity index (χ1v) is 10.6. The van der Waals surface area contributed by atoms with Crippen molar-refractivity contribution < 1.29 is 13.0 Å². The highest BCUT2D eigenvalue weighted by Gasteiger charge is 2.21. The number of benzene rings is 3. The van der Waals surface area contributed by atoms with E-state index in [0.717, 1.165) is 3.97 Å². The largest absolute Gasteiger partial charge is 0.364 e. The fourth-order valence-electron chi connectivity index (χ4n) is 4.25. The van der Waals surface area contributed by atoms with E-state index in [1.165, 1.54) is 18.2 Å². The number of hydrogen-bond donors (Lipinski definition) is 1. The van der Waals surface area contributed by atoms with Gasteiger partial charge in [-0.1, -0.05) is 24.3 Å². The molecule has 0 spiro atoms. The lowest BCUT2D eigenvalue weighted by Gasteiger charge is -2.16. The van der Waals surface area contributed by atoms with Crippen molar-refractivity contribution in [3.8, 4) is 0 Å². The van der Waals surface area contributed by atoms with Gasteiger partial charge in [0.1, 0.15) is 0 Å². The van der Waals surface area contributed by atoms with Gasteiger partial charge >= 0.3 is 10.3 Å². The Bertz CT molecular complexity index is 1780. The Morgan fingerprint density at radius 2 is 1.40 bits per heavy atom. The first-order valence-electron chi connectivity index (χ1n) is 9.17. The van der Waals surface area contributed by atoms with Crippen LogP contribution in [0.5, 0.6) is 0 Å². The first-order chi connectivity index (χ1) is 14.2. The molecule has 7 nitrogen and oxygen atoms in total. The maximum absolute atomic E-state index is 13.3. The molecule has 1 N–H and O–H groups in total. The Kier molecular flexibility index (Phi) is 3.71. The average molecular weight is 420 g/mol. The van der Waals surface area contributed by atoms with Gasteiger partial charge in [0.2, 0.25) is 0 Å². The predicted molar refractivity (Wildman–Crippen MR) is 118 cm³/mol. The molecule has 2 aromatic heterocycles. The highest BCUT2D eigenvalue weighted by Crippen LogP contribution is 2.27. The lowest BCUT2D eigenvalue weighted by molar-refractivity contribution is 0.476. The molecule has 3 aromatic carbocycles. The molecular weight excluding hydrogens is 404 g/mol. The van der Waals surface area contributed by atoms with Crippen LogP contribution in [-0.2, 0) is 17.4 Å². The Balaban J connectivity index is 2.18. The first kappa shape index (κ1) is 18.5. The van der Waals surface area contributed by atoms with Crippen molar-refractivity contribution in [2.45, 2.75) is 6.92 Å². The van der Waals surface area contributed by atoms with Gasteiger partial charge in [0.15, 0.2) is 10.9 Å². The highest BCUT2D eigenvalue weighted by atomic mass is 32.2. The molecule has 0 unspecified atom stereocenters. The van der Waals surface area contributed by atoms with E-state index in [1.807, 2.05) is 6.07 Å². The van der Waals surface area contributed by atoms with Gasteiger partial charge in [-0.2, -0.15) is 8.42 Å². The molecule has 8 heteroatoms. The molecular formula is C22H16N2O5S. The number of pyridine rings is 2. The Hall–Kier alpha value is -3.49. The van der Waals surface area contributed by atoms with E-state index in [1.54, 1.807) is 48.9 Å². The Morgan fingerprint density at radius 1 is 0.767 bits per heavy atom. The third-order valence-corrected chi connectivity index (χ3v) is 6.48. The van der Waals surface area contributed by atoms with Gasteiger partial charge in [0, 0.05) is 23.2 Å². The smallest absolute Gasteiger partial charge is 0.343 e. The number of nitrogens with zero attached hydrogens (tertiary/aromatic N) is 2. The van der Waals surface area contributed by atoms with Crippen LogP contribution in [0.2, 0.25) is 0 Å². The fourth-order valence-corrected chi connectivity index (χ4v) is 5.05. The number of para-hydroxylation sites is 1. The molecule has 0 aliphatic heterocycles. The maximum Gasteiger partial charge on any atom is 0.364 e. The summed E-state index contributed by atoms with van der Waals surface area (Å²) < 4.78 is 37.1. The summed E-state index contributed by atoms with van der Waals surface area (Å²) in [5.74, 6) is 0. The van der Waals surface area contributed by atoms with E-state index >= 15 is 0 Å². The van der Waals surface area contributed by atoms with E-state index in [9.17, 15) is 22.6 Å². The van der Waals surface area contributed by atoms with Crippen molar-refractivity contribution in [3.05, 3.63) is 80.6 Å². The zero-order chi connectivity index (χ0) is 21.4. The summed E-state index contributed by atoms with van der Waals surface area (Å²) in [6, 6.07) is 14.7. The number of rotatable bonds is 1. The van der Waals surface area contributed by atoms with Crippen LogP contribution >= 0.6 is 0 Å². The van der Waals surface area contributed by atoms with Crippen molar-refractivity contribution >= 4 is 53.9 Å². The SMILES string of the molecule is Cc1cccc2c1c(=O)c1cc3c(cc1n2S(=O)(=O)O)c(=O)c1ccccc1n3C. The normalized spacial score (nSPS) is 12.4. The zero-order valence-electron chi connectivity index (χ0n) is 16.1. The quantitative estimate of drug-likeness (QED) is 0.332. The lowest BCUT2D eigenvalue weighted by atomic mass is 10.0. The second-order valence-electron chi connectivity index (χ2n) is 7.33. The summed E-state index contributed by atoms with van der Waals surface area (Å²) in [6.45, 7) is 1.70. The van der Waals surface area contributed by atoms with Crippen LogP contribution in [-0.4, -0.2) is 21.5 Å². The van der Waals surface area contributed by atoms with Crippen molar-refractivity contribution in [1.82, 2.24) is 8.54 Å². The molecule has 0 radical (unpaired) electrons. The molecule has 0 saturated heterocycles. The second kappa shape index (κ2) is 6.01. The molecule has 150 valence electrons. The molecule has 0 aliphatic carbocycles. The lowest BCUT2D eigenvalue weighted by Crippen LogP contribution is -2.19. The summed E-state index contributed by atoms with van der Waals surface area (Å²) >= 11 is 0. The van der Waals surface area contributed by atoms with Crippen LogP contribution < -0.4 is 10.9 Å². The van der Waals surface area contributed by atoms with Gasteiger partial charge in [-0.15, -0.1) is 0 Å². The summed E-state index contributed by atoms with van der Waals surface area (Å²) in [4.78, 5) is 26.4. The molecule has 0 fully saturated rings. The van der Waals surface area contributed by atoms with Crippen LogP contribution in [0.1, 0.15) is 5.56 Å². The zero-order valence-corrected chi connectivity index (χ0v) is 16.9. The molecule has 5 aromatic rings. The van der Waals surface area contributed by atoms with Gasteiger partial charge in [-0.25, -0.2) is 3.97 Å². The van der Waals surface area contributed by atoms with Crippen LogP contribution in [0.4, 0.5) is 0 Å². The number of fused-ring (bicyclic) bond motifs is 4. The van der Waals surface area contributed by atoms with Gasteiger partial charge < -0.3 is 4.57 Å². The molecule has 0 bridgehead atoms. The van der Waals surface area contributed by atoms with Crippen molar-refractivity contribution in [2.24, 2.45) is 7.05 Å². The van der Waals surface area contributed by atoms with Crippen LogP contribution in [0, 0.1) is 6.92 Å². The van der Waals surface area contributed by atoms with E-state index < -0.39 is 10.3 Å². The van der Waals surface area contributed by atoms with Crippen LogP contribution in [0.25, 0.3) is 43.6 Å². The fraction of sp³-hybridized carbons (Fsp3) is 0.0909. The number of aromatic nitrogens is 2. The van der Waals surface area contributed by atoms with E-state index in [2.05, 4.69) is 0 Å². The van der Waals surface area contributed by atoms with Gasteiger partial charge in [0.25, 0.3) is 0 Å². The van der Waals surface area contributed by atoms with Crippen LogP contribution in [0.3, 0.4) is 0 Å². The predicted octanol–water partition coefficient (Wildman–Crippen LogP) is 3.12. The molecule has 0 atom stereocenters. The Morgan fingerprint density at radius 3 is 2.13 bits per heavy atom. The minimum Gasteiger partial charge on any atom is -0.343 e. The standard InChI is InChI=1S/C22H16N2O5S/c1-12-6-5-9-17-20(12)22(26)15-10-18-14(11-19(15)24(17)30(27,28)29)21(25)13-7-3-4-8-16(13)23(18)2/h3-11H,1-2H3,(H,27,28,29). The average Bonchev–Trinajstić information content (AvgIpc) is 2.70. The third-order valence-electron chi connectivity index (χ3n) is 5.62. The minimum atomic E-state index is -4.75. The molecule has 30 heavy (non-hydrogen) atoms. The Labute approximate surface area is 170 Å². The molecule has 5 rings (SSSR count). The number of aryl methyl sites for hydroxylation is 2. The van der Waals surface area contributed by atoms with E-state index in [0.29, 0.717) is 22.0 Å². The summed E-state index contributed by atoms with van der Waals surface area (Å²) in [5, 5.41) is 1.04. The van der Waals surface area contributed by atoms with E-state index in [4.69, 9.17) is 0 Å². The summed E-state index contributed by atoms with van der Waals surface area (Å²) in [7, 11) is -2.97. The monoisotopic (exact) mass is 420 g/mol. The summed E-state index contributed by atoms with van der Waals surface area (Å²) in [5.41, 5.74) is 1.16. The molecule has 2 heterocycles. The van der Waals surface area contributed by atoms with Gasteiger partial charge in [-0.3, -0.25) is 14.1 Å². The minimum absolute atomic E-state index is 0.0412. The second-order valence-corrected chi connectivity index (χ2v) is 8.59. The van der Waals surface area contributed by atoms with E-state index in [-0.39, 0.29) is 38.0 Å². The highest BCUT2D eigenvalue weighted by molar-refractivity contribution is 7.84. The topological polar surface area (TPSA) is 98.4 Å². The van der Waals surface area contributed by atoms with Crippen molar-refractivity contribution in [3.63, 3.8) is 0 Å². The molecule has 0 amide bonds. The third kappa shape index (κ3) is 2.38. The molecule has 0 saturated carbocycles. The van der Waals surface area contributed by atoms with Gasteiger partial charge in [0.05, 0.1) is 27.5 Å². The van der Waals surface area contributed by atoms with Gasteiger partial charge in [-0.05, 0) is 42.8 Å².